The first-order valence-electron chi connectivity index (χ1n) is 8.86. The molecule has 0 saturated heterocycles. The maximum Gasteiger partial charge on any atom is 0.291 e. The molecule has 0 unspecified atom stereocenters. The van der Waals surface area contributed by atoms with Crippen LogP contribution in [-0.2, 0) is 9.59 Å². The fourth-order valence-corrected chi connectivity index (χ4v) is 4.33. The third kappa shape index (κ3) is 2.85. The average Bonchev–Trinajstić information content (AvgIpc) is 3.39. The highest BCUT2D eigenvalue weighted by Gasteiger charge is 2.35. The Kier molecular flexibility index (Phi) is 4.14. The van der Waals surface area contributed by atoms with E-state index in [1.54, 1.807) is 24.3 Å². The summed E-state index contributed by atoms with van der Waals surface area (Å²) in [6, 6.07) is 12.3. The van der Waals surface area contributed by atoms with E-state index < -0.39 is 23.2 Å². The third-order valence-electron chi connectivity index (χ3n) is 4.68. The van der Waals surface area contributed by atoms with E-state index in [1.807, 2.05) is 0 Å². The maximum atomic E-state index is 13.2. The Morgan fingerprint density at radius 1 is 1.10 bits per heavy atom. The lowest BCUT2D eigenvalue weighted by molar-refractivity contribution is -0.118. The van der Waals surface area contributed by atoms with Crippen LogP contribution in [0.5, 0.6) is 0 Å². The fraction of sp³-hybridized carbons (Fsp3) is 0.0500. The summed E-state index contributed by atoms with van der Waals surface area (Å²) < 4.78 is 14.4. The number of rotatable bonds is 3. The molecule has 3 heterocycles. The Bertz CT molecular complexity index is 1430. The van der Waals surface area contributed by atoms with Gasteiger partial charge in [0, 0.05) is 11.3 Å². The SMILES string of the molecule is O=C(CN1C(=O)/C(=c2\sc3ncnn3c2=O)c2ccccc21)Nc1ccc(F)cc1. The van der Waals surface area contributed by atoms with E-state index in [0.29, 0.717) is 21.9 Å². The van der Waals surface area contributed by atoms with Crippen molar-refractivity contribution in [3.63, 3.8) is 0 Å². The zero-order chi connectivity index (χ0) is 20.8. The van der Waals surface area contributed by atoms with Gasteiger partial charge in [-0.05, 0) is 30.3 Å². The molecular weight excluding hydrogens is 409 g/mol. The second kappa shape index (κ2) is 6.85. The smallest absolute Gasteiger partial charge is 0.291 e. The molecule has 2 aromatic carbocycles. The molecule has 4 aromatic rings. The number of halogens is 1. The highest BCUT2D eigenvalue weighted by Crippen LogP contribution is 2.35. The van der Waals surface area contributed by atoms with Crippen LogP contribution >= 0.6 is 11.3 Å². The van der Waals surface area contributed by atoms with Crippen molar-refractivity contribution in [2.24, 2.45) is 0 Å². The van der Waals surface area contributed by atoms with Gasteiger partial charge in [0.1, 0.15) is 23.2 Å². The fourth-order valence-electron chi connectivity index (χ4n) is 3.36. The van der Waals surface area contributed by atoms with Crippen molar-refractivity contribution >= 4 is 45.1 Å². The van der Waals surface area contributed by atoms with Crippen LogP contribution in [0.15, 0.2) is 59.7 Å². The van der Waals surface area contributed by atoms with Gasteiger partial charge in [-0.2, -0.15) is 9.61 Å². The summed E-state index contributed by atoms with van der Waals surface area (Å²) in [5, 5.41) is 6.52. The van der Waals surface area contributed by atoms with Crippen LogP contribution in [-0.4, -0.2) is 33.0 Å². The van der Waals surface area contributed by atoms with Crippen molar-refractivity contribution in [1.82, 2.24) is 14.6 Å². The van der Waals surface area contributed by atoms with E-state index in [0.717, 1.165) is 15.9 Å². The van der Waals surface area contributed by atoms with Gasteiger partial charge in [0.2, 0.25) is 10.9 Å². The van der Waals surface area contributed by atoms with Gasteiger partial charge in [-0.25, -0.2) is 9.37 Å². The highest BCUT2D eigenvalue weighted by molar-refractivity contribution is 7.15. The number of carbonyl (C=O) groups is 2. The average molecular weight is 421 g/mol. The number of para-hydroxylation sites is 1. The van der Waals surface area contributed by atoms with Crippen molar-refractivity contribution in [3.8, 4) is 0 Å². The number of carbonyl (C=O) groups excluding carboxylic acids is 2. The molecule has 2 amide bonds. The van der Waals surface area contributed by atoms with Gasteiger partial charge >= 0.3 is 0 Å². The molecule has 10 heteroatoms. The normalized spacial score (nSPS) is 15.0. The van der Waals surface area contributed by atoms with Crippen LogP contribution < -0.4 is 20.3 Å². The predicted molar refractivity (Wildman–Crippen MR) is 109 cm³/mol. The number of anilines is 2. The van der Waals surface area contributed by atoms with E-state index in [4.69, 9.17) is 0 Å². The van der Waals surface area contributed by atoms with Gasteiger partial charge < -0.3 is 5.32 Å². The molecule has 0 aliphatic carbocycles. The zero-order valence-electron chi connectivity index (χ0n) is 15.2. The Labute approximate surface area is 171 Å². The molecular formula is C20H12FN5O3S. The molecule has 0 spiro atoms. The first-order chi connectivity index (χ1) is 14.5. The quantitative estimate of drug-likeness (QED) is 0.536. The van der Waals surface area contributed by atoms with E-state index >= 15 is 0 Å². The minimum Gasteiger partial charge on any atom is -0.325 e. The minimum absolute atomic E-state index is 0.225. The van der Waals surface area contributed by atoms with Gasteiger partial charge in [0.15, 0.2) is 0 Å². The number of hydrogen-bond acceptors (Lipinski definition) is 6. The van der Waals surface area contributed by atoms with Crippen LogP contribution in [0.3, 0.4) is 0 Å². The van der Waals surface area contributed by atoms with Gasteiger partial charge in [-0.3, -0.25) is 19.3 Å². The van der Waals surface area contributed by atoms with E-state index in [9.17, 15) is 18.8 Å². The number of hydrogen-bond donors (Lipinski definition) is 1. The van der Waals surface area contributed by atoms with E-state index in [2.05, 4.69) is 15.4 Å². The molecule has 2 aromatic heterocycles. The van der Waals surface area contributed by atoms with Crippen molar-refractivity contribution in [3.05, 3.63) is 81.1 Å². The van der Waals surface area contributed by atoms with Crippen LogP contribution in [0.25, 0.3) is 10.5 Å². The molecule has 1 aliphatic heterocycles. The summed E-state index contributed by atoms with van der Waals surface area (Å²) in [6.07, 6.45) is 1.28. The number of benzene rings is 2. The molecule has 0 saturated carbocycles. The largest absolute Gasteiger partial charge is 0.325 e. The number of nitrogens with one attached hydrogen (secondary N) is 1. The van der Waals surface area contributed by atoms with E-state index in [1.165, 1.54) is 35.5 Å². The molecule has 1 N–H and O–H groups in total. The monoisotopic (exact) mass is 421 g/mol. The van der Waals surface area contributed by atoms with Crippen LogP contribution in [0.1, 0.15) is 5.56 Å². The predicted octanol–water partition coefficient (Wildman–Crippen LogP) is 1.19. The Morgan fingerprint density at radius 3 is 2.63 bits per heavy atom. The number of aromatic nitrogens is 3. The zero-order valence-corrected chi connectivity index (χ0v) is 16.0. The molecule has 8 nitrogen and oxygen atoms in total. The molecule has 5 rings (SSSR count). The van der Waals surface area contributed by atoms with Crippen LogP contribution in [0.2, 0.25) is 0 Å². The van der Waals surface area contributed by atoms with Gasteiger partial charge in [-0.1, -0.05) is 29.5 Å². The van der Waals surface area contributed by atoms with Crippen molar-refractivity contribution in [1.29, 1.82) is 0 Å². The van der Waals surface area contributed by atoms with Gasteiger partial charge in [0.25, 0.3) is 11.5 Å². The lowest BCUT2D eigenvalue weighted by Gasteiger charge is -2.16. The summed E-state index contributed by atoms with van der Waals surface area (Å²) in [5.74, 6) is -1.32. The molecule has 0 radical (unpaired) electrons. The molecule has 0 fully saturated rings. The standard InChI is InChI=1S/C20H12FN5O3S/c21-11-5-7-12(8-6-11)24-15(27)9-25-14-4-2-1-3-13(14)16(18(25)28)17-19(29)26-20(30-17)22-10-23-26/h1-8,10H,9H2,(H,24,27)/b17-16-. The first kappa shape index (κ1) is 18.1. The summed E-state index contributed by atoms with van der Waals surface area (Å²) in [7, 11) is 0. The lowest BCUT2D eigenvalue weighted by atomic mass is 10.1. The molecule has 0 atom stereocenters. The van der Waals surface area contributed by atoms with Gasteiger partial charge in [0.05, 0.1) is 11.3 Å². The topological polar surface area (TPSA) is 96.7 Å². The second-order valence-corrected chi connectivity index (χ2v) is 7.51. The second-order valence-electron chi connectivity index (χ2n) is 6.53. The molecule has 30 heavy (non-hydrogen) atoms. The lowest BCUT2D eigenvalue weighted by Crippen LogP contribution is -2.37. The van der Waals surface area contributed by atoms with E-state index in [-0.39, 0.29) is 16.7 Å². The summed E-state index contributed by atoms with van der Waals surface area (Å²) in [6.45, 7) is -0.258. The number of nitrogens with zero attached hydrogens (tertiary/aromatic N) is 4. The number of amides is 2. The molecule has 0 bridgehead atoms. The molecule has 1 aliphatic rings. The Balaban J connectivity index is 1.54. The highest BCUT2D eigenvalue weighted by atomic mass is 32.1. The van der Waals surface area contributed by atoms with Crippen molar-refractivity contribution in [2.45, 2.75) is 0 Å². The van der Waals surface area contributed by atoms with Crippen LogP contribution in [0, 0.1) is 5.82 Å². The minimum atomic E-state index is -0.452. The summed E-state index contributed by atoms with van der Waals surface area (Å²) >= 11 is 1.08. The molecule has 148 valence electrons. The first-order valence-corrected chi connectivity index (χ1v) is 9.68. The maximum absolute atomic E-state index is 13.2. The van der Waals surface area contributed by atoms with Crippen LogP contribution in [0.4, 0.5) is 15.8 Å². The number of thiazole rings is 1. The Hall–Kier alpha value is -3.92. The van der Waals surface area contributed by atoms with Crippen molar-refractivity contribution < 1.29 is 14.0 Å². The van der Waals surface area contributed by atoms with Crippen molar-refractivity contribution in [2.75, 3.05) is 16.8 Å². The Morgan fingerprint density at radius 2 is 1.87 bits per heavy atom. The van der Waals surface area contributed by atoms with Gasteiger partial charge in [-0.15, -0.1) is 0 Å². The third-order valence-corrected chi connectivity index (χ3v) is 5.72. The number of fused-ring (bicyclic) bond motifs is 2. The summed E-state index contributed by atoms with van der Waals surface area (Å²) in [5.41, 5.74) is 1.31. The summed E-state index contributed by atoms with van der Waals surface area (Å²) in [4.78, 5) is 44.2.